The van der Waals surface area contributed by atoms with Crippen LogP contribution in [0.25, 0.3) is 0 Å². The van der Waals surface area contributed by atoms with Crippen LogP contribution in [0.15, 0.2) is 0 Å². The number of aromatic nitrogens is 2. The minimum absolute atomic E-state index is 0.235. The maximum Gasteiger partial charge on any atom is 0.156 e. The Labute approximate surface area is 120 Å². The van der Waals surface area contributed by atoms with Gasteiger partial charge < -0.3 is 4.90 Å². The first kappa shape index (κ1) is 15.9. The summed E-state index contributed by atoms with van der Waals surface area (Å²) in [7, 11) is 0. The van der Waals surface area contributed by atoms with Gasteiger partial charge in [0, 0.05) is 12.6 Å². The number of aryl methyl sites for hydroxylation is 1. The van der Waals surface area contributed by atoms with Crippen molar-refractivity contribution < 1.29 is 4.79 Å². The van der Waals surface area contributed by atoms with Crippen LogP contribution in [0.4, 0.5) is 5.82 Å². The molecule has 1 heterocycles. The molecule has 0 aliphatic rings. The van der Waals surface area contributed by atoms with Crippen molar-refractivity contribution in [2.24, 2.45) is 0 Å². The SMILES string of the molecule is CCCCCN(c1nc(C)nc(Cl)c1C=O)C(C)C. The standard InChI is InChI=1S/C14H22ClN3O/c1-5-6-7-8-18(10(2)3)14-12(9-19)13(15)16-11(4)17-14/h9-10H,5-8H2,1-4H3. The Morgan fingerprint density at radius 2 is 2.00 bits per heavy atom. The Hall–Kier alpha value is -1.16. The summed E-state index contributed by atoms with van der Waals surface area (Å²) in [6.45, 7) is 9.01. The molecule has 0 aliphatic carbocycles. The van der Waals surface area contributed by atoms with Gasteiger partial charge in [0.2, 0.25) is 0 Å². The Morgan fingerprint density at radius 3 is 2.53 bits per heavy atom. The fourth-order valence-corrected chi connectivity index (χ4v) is 2.25. The summed E-state index contributed by atoms with van der Waals surface area (Å²) < 4.78 is 0. The minimum Gasteiger partial charge on any atom is -0.353 e. The van der Waals surface area contributed by atoms with Crippen molar-refractivity contribution in [2.45, 2.75) is 53.0 Å². The molecule has 106 valence electrons. The molecule has 0 fully saturated rings. The number of carbonyl (C=O) groups is 1. The maximum atomic E-state index is 11.2. The van der Waals surface area contributed by atoms with E-state index in [1.165, 1.54) is 0 Å². The molecule has 5 heteroatoms. The van der Waals surface area contributed by atoms with Crippen molar-refractivity contribution in [3.8, 4) is 0 Å². The van der Waals surface area contributed by atoms with Crippen LogP contribution >= 0.6 is 11.6 Å². The van der Waals surface area contributed by atoms with Gasteiger partial charge in [-0.3, -0.25) is 4.79 Å². The van der Waals surface area contributed by atoms with Gasteiger partial charge in [0.15, 0.2) is 6.29 Å². The van der Waals surface area contributed by atoms with Gasteiger partial charge in [-0.25, -0.2) is 9.97 Å². The lowest BCUT2D eigenvalue weighted by molar-refractivity contribution is 0.112. The van der Waals surface area contributed by atoms with Crippen LogP contribution in [0, 0.1) is 6.92 Å². The van der Waals surface area contributed by atoms with Crippen LogP contribution in [0.3, 0.4) is 0 Å². The molecule has 0 aliphatic heterocycles. The Bertz CT molecular complexity index is 435. The lowest BCUT2D eigenvalue weighted by atomic mass is 10.2. The largest absolute Gasteiger partial charge is 0.353 e. The van der Waals surface area contributed by atoms with E-state index in [0.717, 1.165) is 32.1 Å². The van der Waals surface area contributed by atoms with Crippen LogP contribution in [-0.2, 0) is 0 Å². The number of anilines is 1. The van der Waals surface area contributed by atoms with Gasteiger partial charge in [-0.05, 0) is 27.2 Å². The first-order valence-corrected chi connectivity index (χ1v) is 7.15. The molecule has 1 aromatic heterocycles. The number of hydrogen-bond donors (Lipinski definition) is 0. The molecule has 4 nitrogen and oxygen atoms in total. The fourth-order valence-electron chi connectivity index (χ4n) is 1.99. The highest BCUT2D eigenvalue weighted by Gasteiger charge is 2.19. The third kappa shape index (κ3) is 4.16. The molecule has 1 aromatic rings. The van der Waals surface area contributed by atoms with E-state index in [1.54, 1.807) is 6.92 Å². The molecule has 0 saturated heterocycles. The number of nitrogens with zero attached hydrogens (tertiary/aromatic N) is 3. The Balaban J connectivity index is 3.10. The molecular formula is C14H22ClN3O. The van der Waals surface area contributed by atoms with Crippen LogP contribution in [-0.4, -0.2) is 28.8 Å². The smallest absolute Gasteiger partial charge is 0.156 e. The van der Waals surface area contributed by atoms with Crippen LogP contribution < -0.4 is 4.90 Å². The van der Waals surface area contributed by atoms with Gasteiger partial charge in [-0.2, -0.15) is 0 Å². The molecule has 19 heavy (non-hydrogen) atoms. The minimum atomic E-state index is 0.235. The van der Waals surface area contributed by atoms with E-state index in [1.807, 2.05) is 0 Å². The summed E-state index contributed by atoms with van der Waals surface area (Å²) in [6, 6.07) is 0.265. The lowest BCUT2D eigenvalue weighted by Gasteiger charge is -2.29. The zero-order valence-electron chi connectivity index (χ0n) is 12.1. The molecule has 0 atom stereocenters. The summed E-state index contributed by atoms with van der Waals surface area (Å²) >= 11 is 6.04. The second-order valence-corrected chi connectivity index (χ2v) is 5.27. The molecule has 0 saturated carbocycles. The highest BCUT2D eigenvalue weighted by Crippen LogP contribution is 2.24. The third-order valence-corrected chi connectivity index (χ3v) is 3.29. The summed E-state index contributed by atoms with van der Waals surface area (Å²) in [5, 5.41) is 0.235. The van der Waals surface area contributed by atoms with Gasteiger partial charge in [0.25, 0.3) is 0 Å². The van der Waals surface area contributed by atoms with Crippen molar-refractivity contribution in [1.82, 2.24) is 9.97 Å². The summed E-state index contributed by atoms with van der Waals surface area (Å²) in [6.07, 6.45) is 4.15. The molecule has 0 amide bonds. The first-order valence-electron chi connectivity index (χ1n) is 6.77. The summed E-state index contributed by atoms with van der Waals surface area (Å²) in [5.41, 5.74) is 0.387. The predicted molar refractivity (Wildman–Crippen MR) is 79.2 cm³/mol. The number of aldehydes is 1. The number of hydrogen-bond acceptors (Lipinski definition) is 4. The normalized spacial score (nSPS) is 10.8. The second kappa shape index (κ2) is 7.43. The molecule has 0 aromatic carbocycles. The van der Waals surface area contributed by atoms with E-state index >= 15 is 0 Å². The average Bonchev–Trinajstić information content (AvgIpc) is 2.33. The van der Waals surface area contributed by atoms with Crippen LogP contribution in [0.2, 0.25) is 5.15 Å². The van der Waals surface area contributed by atoms with E-state index in [4.69, 9.17) is 11.6 Å². The molecule has 0 bridgehead atoms. The number of rotatable bonds is 7. The van der Waals surface area contributed by atoms with Gasteiger partial charge >= 0.3 is 0 Å². The monoisotopic (exact) mass is 283 g/mol. The Kier molecular flexibility index (Phi) is 6.22. The predicted octanol–water partition coefficient (Wildman–Crippen LogP) is 3.66. The molecule has 0 N–H and O–H groups in total. The topological polar surface area (TPSA) is 46.1 Å². The molecule has 1 rings (SSSR count). The van der Waals surface area contributed by atoms with Gasteiger partial charge in [0.1, 0.15) is 16.8 Å². The maximum absolute atomic E-state index is 11.2. The highest BCUT2D eigenvalue weighted by molar-refractivity contribution is 6.32. The van der Waals surface area contributed by atoms with E-state index in [0.29, 0.717) is 17.2 Å². The number of halogens is 1. The third-order valence-electron chi connectivity index (χ3n) is 3.01. The van der Waals surface area contributed by atoms with Gasteiger partial charge in [-0.15, -0.1) is 0 Å². The molecular weight excluding hydrogens is 262 g/mol. The molecule has 0 radical (unpaired) electrons. The van der Waals surface area contributed by atoms with E-state index in [-0.39, 0.29) is 11.2 Å². The highest BCUT2D eigenvalue weighted by atomic mass is 35.5. The van der Waals surface area contributed by atoms with Crippen LogP contribution in [0.1, 0.15) is 56.2 Å². The lowest BCUT2D eigenvalue weighted by Crippen LogP contribution is -2.33. The average molecular weight is 284 g/mol. The number of carbonyl (C=O) groups excluding carboxylic acids is 1. The van der Waals surface area contributed by atoms with Crippen molar-refractivity contribution >= 4 is 23.7 Å². The van der Waals surface area contributed by atoms with Gasteiger partial charge in [-0.1, -0.05) is 31.4 Å². The second-order valence-electron chi connectivity index (χ2n) is 4.91. The van der Waals surface area contributed by atoms with Gasteiger partial charge in [0.05, 0.1) is 5.56 Å². The van der Waals surface area contributed by atoms with E-state index < -0.39 is 0 Å². The fraction of sp³-hybridized carbons (Fsp3) is 0.643. The van der Waals surface area contributed by atoms with Crippen molar-refractivity contribution in [2.75, 3.05) is 11.4 Å². The zero-order valence-corrected chi connectivity index (χ0v) is 12.9. The Morgan fingerprint density at radius 1 is 1.32 bits per heavy atom. The first-order chi connectivity index (χ1) is 9.01. The van der Waals surface area contributed by atoms with Crippen LogP contribution in [0.5, 0.6) is 0 Å². The van der Waals surface area contributed by atoms with Crippen molar-refractivity contribution in [3.63, 3.8) is 0 Å². The molecule has 0 spiro atoms. The van der Waals surface area contributed by atoms with E-state index in [2.05, 4.69) is 35.6 Å². The van der Waals surface area contributed by atoms with E-state index in [9.17, 15) is 4.79 Å². The number of unbranched alkanes of at least 4 members (excludes halogenated alkanes) is 2. The quantitative estimate of drug-likeness (QED) is 0.435. The summed E-state index contributed by atoms with van der Waals surface area (Å²) in [4.78, 5) is 21.8. The van der Waals surface area contributed by atoms with Crippen molar-refractivity contribution in [3.05, 3.63) is 16.5 Å². The molecule has 0 unspecified atom stereocenters. The summed E-state index contributed by atoms with van der Waals surface area (Å²) in [5.74, 6) is 1.24. The zero-order chi connectivity index (χ0) is 14.4. The van der Waals surface area contributed by atoms with Crippen molar-refractivity contribution in [1.29, 1.82) is 0 Å².